The highest BCUT2D eigenvalue weighted by atomic mass is 19.2. The zero-order valence-electron chi connectivity index (χ0n) is 8.76. The second kappa shape index (κ2) is 2.47. The largest absolute Gasteiger partial charge is 0.347 e. The number of aromatic nitrogens is 1. The Morgan fingerprint density at radius 1 is 1.19 bits per heavy atom. The van der Waals surface area contributed by atoms with Crippen LogP contribution in [0.4, 0.5) is 8.78 Å². The highest BCUT2D eigenvalue weighted by molar-refractivity contribution is 5.86. The zero-order valence-corrected chi connectivity index (χ0v) is 8.76. The molecule has 0 unspecified atom stereocenters. The predicted octanol–water partition coefficient (Wildman–Crippen LogP) is 3.35. The van der Waals surface area contributed by atoms with E-state index in [9.17, 15) is 8.78 Å². The van der Waals surface area contributed by atoms with E-state index in [4.69, 9.17) is 0 Å². The van der Waals surface area contributed by atoms with E-state index in [1.165, 1.54) is 6.07 Å². The van der Waals surface area contributed by atoms with Crippen molar-refractivity contribution in [3.05, 3.63) is 35.5 Å². The lowest BCUT2D eigenvalue weighted by molar-refractivity contribution is 0.494. The molecule has 4 rings (SSSR count). The Labute approximate surface area is 91.7 Å². The lowest BCUT2D eigenvalue weighted by Crippen LogP contribution is -2.18. The van der Waals surface area contributed by atoms with Gasteiger partial charge in [-0.2, -0.15) is 0 Å². The number of rotatable bonds is 0. The SMILES string of the molecule is Fc1cc2c3c(ccn3CCC23CC3)c1F. The lowest BCUT2D eigenvalue weighted by Gasteiger charge is -2.25. The number of fused-ring (bicyclic) bond motifs is 1. The van der Waals surface area contributed by atoms with Crippen LogP contribution >= 0.6 is 0 Å². The summed E-state index contributed by atoms with van der Waals surface area (Å²) in [5.41, 5.74) is 2.11. The summed E-state index contributed by atoms with van der Waals surface area (Å²) in [6.45, 7) is 0.932. The lowest BCUT2D eigenvalue weighted by atomic mass is 9.88. The fraction of sp³-hybridized carbons (Fsp3) is 0.385. The summed E-state index contributed by atoms with van der Waals surface area (Å²) in [6.07, 6.45) is 5.18. The molecule has 0 atom stereocenters. The van der Waals surface area contributed by atoms with Gasteiger partial charge in [-0.15, -0.1) is 0 Å². The maximum Gasteiger partial charge on any atom is 0.168 e. The van der Waals surface area contributed by atoms with E-state index >= 15 is 0 Å². The van der Waals surface area contributed by atoms with Gasteiger partial charge in [-0.05, 0) is 42.4 Å². The summed E-state index contributed by atoms with van der Waals surface area (Å²) in [4.78, 5) is 0. The van der Waals surface area contributed by atoms with E-state index in [0.29, 0.717) is 5.39 Å². The highest BCUT2D eigenvalue weighted by Gasteiger charge is 2.47. The second-order valence-electron chi connectivity index (χ2n) is 5.02. The van der Waals surface area contributed by atoms with Crippen LogP contribution in [0.3, 0.4) is 0 Å². The fourth-order valence-corrected chi connectivity index (χ4v) is 3.07. The Morgan fingerprint density at radius 3 is 2.75 bits per heavy atom. The first-order chi connectivity index (χ1) is 7.71. The van der Waals surface area contributed by atoms with Crippen molar-refractivity contribution in [2.24, 2.45) is 0 Å². The van der Waals surface area contributed by atoms with Crippen LogP contribution in [0.5, 0.6) is 0 Å². The molecule has 0 radical (unpaired) electrons. The van der Waals surface area contributed by atoms with Gasteiger partial charge in [-0.1, -0.05) is 0 Å². The normalized spacial score (nSPS) is 20.6. The van der Waals surface area contributed by atoms with Crippen molar-refractivity contribution in [3.8, 4) is 0 Å². The van der Waals surface area contributed by atoms with Gasteiger partial charge in [0.25, 0.3) is 0 Å². The molecule has 3 heteroatoms. The molecule has 2 heterocycles. The molecule has 16 heavy (non-hydrogen) atoms. The van der Waals surface area contributed by atoms with Crippen LogP contribution in [0, 0.1) is 11.6 Å². The molecule has 0 amide bonds. The monoisotopic (exact) mass is 219 g/mol. The van der Waals surface area contributed by atoms with Crippen LogP contribution in [0.2, 0.25) is 0 Å². The summed E-state index contributed by atoms with van der Waals surface area (Å²) in [6, 6.07) is 3.11. The fourth-order valence-electron chi connectivity index (χ4n) is 3.07. The molecule has 82 valence electrons. The van der Waals surface area contributed by atoms with Gasteiger partial charge < -0.3 is 4.57 Å². The second-order valence-corrected chi connectivity index (χ2v) is 5.02. The van der Waals surface area contributed by atoms with Gasteiger partial charge in [0, 0.05) is 18.1 Å². The van der Waals surface area contributed by atoms with Gasteiger partial charge in [-0.25, -0.2) is 8.78 Å². The van der Waals surface area contributed by atoms with Crippen LogP contribution in [0.1, 0.15) is 24.8 Å². The predicted molar refractivity (Wildman–Crippen MR) is 57.4 cm³/mol. The molecule has 1 saturated carbocycles. The van der Waals surface area contributed by atoms with Gasteiger partial charge >= 0.3 is 0 Å². The first-order valence-electron chi connectivity index (χ1n) is 5.69. The minimum atomic E-state index is -0.701. The number of hydrogen-bond donors (Lipinski definition) is 0. The molecular formula is C13H11F2N. The van der Waals surface area contributed by atoms with Crippen LogP contribution < -0.4 is 0 Å². The Balaban J connectivity index is 2.19. The Morgan fingerprint density at radius 2 is 2.00 bits per heavy atom. The molecule has 0 N–H and O–H groups in total. The highest BCUT2D eigenvalue weighted by Crippen LogP contribution is 2.55. The quantitative estimate of drug-likeness (QED) is 0.640. The topological polar surface area (TPSA) is 4.93 Å². The first-order valence-corrected chi connectivity index (χ1v) is 5.69. The van der Waals surface area contributed by atoms with E-state index in [-0.39, 0.29) is 5.41 Å². The van der Waals surface area contributed by atoms with Crippen LogP contribution in [0.15, 0.2) is 18.3 Å². The number of benzene rings is 1. The molecule has 0 saturated heterocycles. The molecule has 1 nitrogen and oxygen atoms in total. The third-order valence-corrected chi connectivity index (χ3v) is 4.19. The molecular weight excluding hydrogens is 208 g/mol. The Kier molecular flexibility index (Phi) is 1.35. The van der Waals surface area contributed by atoms with Crippen LogP contribution in [-0.2, 0) is 12.0 Å². The van der Waals surface area contributed by atoms with Crippen LogP contribution in [0.25, 0.3) is 10.9 Å². The van der Waals surface area contributed by atoms with E-state index in [1.807, 2.05) is 6.20 Å². The maximum absolute atomic E-state index is 13.6. The average Bonchev–Trinajstić information content (AvgIpc) is 2.91. The molecule has 1 aliphatic heterocycles. The van der Waals surface area contributed by atoms with E-state index in [0.717, 1.165) is 36.9 Å². The number of hydrogen-bond acceptors (Lipinski definition) is 0. The van der Waals surface area contributed by atoms with Crippen LogP contribution in [-0.4, -0.2) is 4.57 Å². The molecule has 1 spiro atoms. The van der Waals surface area contributed by atoms with Crippen molar-refractivity contribution >= 4 is 10.9 Å². The number of aryl methyl sites for hydroxylation is 1. The minimum absolute atomic E-state index is 0.168. The maximum atomic E-state index is 13.6. The van der Waals surface area contributed by atoms with Crippen molar-refractivity contribution in [2.45, 2.75) is 31.2 Å². The molecule has 1 aliphatic carbocycles. The molecule has 1 aromatic heterocycles. The van der Waals surface area contributed by atoms with Gasteiger partial charge in [0.15, 0.2) is 11.6 Å². The van der Waals surface area contributed by atoms with Crippen molar-refractivity contribution < 1.29 is 8.78 Å². The van der Waals surface area contributed by atoms with Gasteiger partial charge in [0.2, 0.25) is 0 Å². The molecule has 0 bridgehead atoms. The van der Waals surface area contributed by atoms with Crippen molar-refractivity contribution in [1.82, 2.24) is 4.57 Å². The Hall–Kier alpha value is -1.38. The molecule has 2 aliphatic rings. The smallest absolute Gasteiger partial charge is 0.168 e. The van der Waals surface area contributed by atoms with E-state index < -0.39 is 11.6 Å². The van der Waals surface area contributed by atoms with Crippen molar-refractivity contribution in [3.63, 3.8) is 0 Å². The third kappa shape index (κ3) is 0.856. The summed E-state index contributed by atoms with van der Waals surface area (Å²) >= 11 is 0. The Bertz CT molecular complexity index is 608. The molecule has 2 aromatic rings. The van der Waals surface area contributed by atoms with Crippen molar-refractivity contribution in [1.29, 1.82) is 0 Å². The number of nitrogens with zero attached hydrogens (tertiary/aromatic N) is 1. The van der Waals surface area contributed by atoms with Gasteiger partial charge in [0.1, 0.15) is 0 Å². The third-order valence-electron chi connectivity index (χ3n) is 4.19. The van der Waals surface area contributed by atoms with Crippen molar-refractivity contribution in [2.75, 3.05) is 0 Å². The summed E-state index contributed by atoms with van der Waals surface area (Å²) in [5, 5.41) is 0.445. The summed E-state index contributed by atoms with van der Waals surface area (Å²) in [5.74, 6) is -1.40. The number of halogens is 2. The van der Waals surface area contributed by atoms with Gasteiger partial charge in [-0.3, -0.25) is 0 Å². The minimum Gasteiger partial charge on any atom is -0.347 e. The zero-order chi connectivity index (χ0) is 10.9. The van der Waals surface area contributed by atoms with Gasteiger partial charge in [0.05, 0.1) is 5.52 Å². The average molecular weight is 219 g/mol. The summed E-state index contributed by atoms with van der Waals surface area (Å²) < 4.78 is 29.2. The van der Waals surface area contributed by atoms with E-state index in [2.05, 4.69) is 4.57 Å². The first kappa shape index (κ1) is 8.74. The standard InChI is InChI=1S/C13H11F2N/c14-10-7-9-12-8(11(10)15)1-5-16(12)6-4-13(9)2-3-13/h1,5,7H,2-4,6H2. The molecule has 1 aromatic carbocycles. The van der Waals surface area contributed by atoms with E-state index in [1.54, 1.807) is 6.07 Å². The molecule has 1 fully saturated rings. The summed E-state index contributed by atoms with van der Waals surface area (Å²) in [7, 11) is 0.